The lowest BCUT2D eigenvalue weighted by atomic mass is 9.93. The van der Waals surface area contributed by atoms with E-state index in [0.29, 0.717) is 46.8 Å². The van der Waals surface area contributed by atoms with Crippen molar-refractivity contribution >= 4 is 77.1 Å². The minimum absolute atomic E-state index is 0.0233. The van der Waals surface area contributed by atoms with Gasteiger partial charge in [-0.2, -0.15) is 15.0 Å². The second-order valence-corrected chi connectivity index (χ2v) is 17.6. The Hall–Kier alpha value is -3.49. The molecule has 2 heterocycles. The highest BCUT2D eigenvalue weighted by atomic mass is 35.5. The quantitative estimate of drug-likeness (QED) is 0.0969. The van der Waals surface area contributed by atoms with Gasteiger partial charge in [0, 0.05) is 29.3 Å². The van der Waals surface area contributed by atoms with Gasteiger partial charge in [-0.05, 0) is 88.9 Å². The van der Waals surface area contributed by atoms with E-state index >= 15 is 0 Å². The molecule has 5 N–H and O–H groups in total. The van der Waals surface area contributed by atoms with Crippen LogP contribution in [0.5, 0.6) is 5.75 Å². The molecular weight excluding hydrogens is 775 g/mol. The number of imide groups is 1. The molecule has 0 saturated heterocycles. The maximum Gasteiger partial charge on any atom is 0.317 e. The van der Waals surface area contributed by atoms with Crippen molar-refractivity contribution in [1.82, 2.24) is 20.3 Å². The number of halogens is 3. The van der Waals surface area contributed by atoms with Crippen LogP contribution in [-0.2, 0) is 29.8 Å². The van der Waals surface area contributed by atoms with Gasteiger partial charge in [0.2, 0.25) is 17.2 Å². The lowest BCUT2D eigenvalue weighted by Gasteiger charge is -2.20. The van der Waals surface area contributed by atoms with Crippen LogP contribution >= 0.6 is 30.8 Å². The first-order valence-electron chi connectivity index (χ1n) is 16.1. The molecule has 0 saturated carbocycles. The molecule has 53 heavy (non-hydrogen) atoms. The number of nitrogens with zero attached hydrogens (tertiary/aromatic N) is 4. The minimum Gasteiger partial charge on any atom is -0.778 e. The first kappa shape index (κ1) is 47.5. The molecule has 294 valence electrons. The van der Waals surface area contributed by atoms with Crippen LogP contribution in [-0.4, -0.2) is 92.5 Å². The van der Waals surface area contributed by atoms with Crippen LogP contribution in [0.1, 0.15) is 60.3 Å². The molecule has 1 aromatic carbocycles. The molecule has 0 spiro atoms. The van der Waals surface area contributed by atoms with Crippen molar-refractivity contribution in [1.29, 1.82) is 0 Å². The number of carbonyl (C=O) groups excluding carboxylic acids is 2. The number of rotatable bonds is 10. The number of benzene rings is 1. The van der Waals surface area contributed by atoms with E-state index < -0.39 is 50.1 Å². The van der Waals surface area contributed by atoms with Crippen LogP contribution < -0.4 is 30.5 Å². The molecule has 1 aliphatic heterocycles. The van der Waals surface area contributed by atoms with Gasteiger partial charge in [0.1, 0.15) is 19.2 Å². The van der Waals surface area contributed by atoms with Crippen LogP contribution in [0.3, 0.4) is 0 Å². The number of hydrogen-bond acceptors (Lipinski definition) is 12. The molecule has 15 nitrogen and oxygen atoms in total. The fourth-order valence-electron chi connectivity index (χ4n) is 4.25. The highest BCUT2D eigenvalue weighted by molar-refractivity contribution is 7.94. The number of carboxylic acids is 1. The molecule has 2 amide bonds. The van der Waals surface area contributed by atoms with Gasteiger partial charge in [-0.1, -0.05) is 17.5 Å². The van der Waals surface area contributed by atoms with E-state index in [1.165, 1.54) is 6.07 Å². The average molecular weight is 823 g/mol. The highest BCUT2D eigenvalue weighted by Gasteiger charge is 2.41. The molecule has 0 fully saturated rings. The predicted octanol–water partition coefficient (Wildman–Crippen LogP) is 4.45. The van der Waals surface area contributed by atoms with Gasteiger partial charge in [0.15, 0.2) is 6.10 Å². The summed E-state index contributed by atoms with van der Waals surface area (Å²) in [6, 6.07) is 2.27. The number of hydrogen-bond donors (Lipinski definition) is 5. The van der Waals surface area contributed by atoms with Crippen LogP contribution in [0.25, 0.3) is 0 Å². The molecule has 2 unspecified atom stereocenters. The summed E-state index contributed by atoms with van der Waals surface area (Å²) >= 11 is 11.7. The molecule has 1 aromatic heterocycles. The van der Waals surface area contributed by atoms with Crippen molar-refractivity contribution in [3.8, 4) is 18.1 Å². The predicted molar refractivity (Wildman–Crippen MR) is 206 cm³/mol. The molecule has 0 bridgehead atoms. The monoisotopic (exact) mass is 821 g/mol. The third-order valence-corrected chi connectivity index (χ3v) is 7.28. The van der Waals surface area contributed by atoms with E-state index in [1.807, 2.05) is 33.0 Å². The molecule has 4 rings (SSSR count). The van der Waals surface area contributed by atoms with Crippen LogP contribution in [0.4, 0.5) is 22.0 Å². The minimum atomic E-state index is -4.35. The van der Waals surface area contributed by atoms with E-state index in [0.717, 1.165) is 30.4 Å². The summed E-state index contributed by atoms with van der Waals surface area (Å²) in [6.07, 6.45) is 13.3. The Balaban J connectivity index is 0.000000414. The number of carbonyl (C=O) groups is 3. The van der Waals surface area contributed by atoms with Crippen LogP contribution in [0.2, 0.25) is 10.3 Å². The Kier molecular flexibility index (Phi) is 19.8. The van der Waals surface area contributed by atoms with Crippen molar-refractivity contribution < 1.29 is 43.0 Å². The molecule has 2 atom stereocenters. The van der Waals surface area contributed by atoms with Gasteiger partial charge in [0.05, 0.1) is 42.3 Å². The fourth-order valence-corrected chi connectivity index (χ4v) is 4.99. The Bertz CT molecular complexity index is 1690. The number of anilines is 3. The third-order valence-electron chi connectivity index (χ3n) is 6.19. The maximum atomic E-state index is 14.4. The van der Waals surface area contributed by atoms with Crippen molar-refractivity contribution in [3.05, 3.63) is 39.4 Å². The van der Waals surface area contributed by atoms with Crippen molar-refractivity contribution in [2.75, 3.05) is 53.7 Å². The molecule has 20 heteroatoms. The fraction of sp³-hybridized carbons (Fsp3) is 0.515. The molecule has 0 radical (unpaired) electrons. The van der Waals surface area contributed by atoms with E-state index in [1.54, 1.807) is 6.92 Å². The largest absolute Gasteiger partial charge is 0.778 e. The van der Waals surface area contributed by atoms with Gasteiger partial charge in [-0.25, -0.2) is 9.29 Å². The Morgan fingerprint density at radius 1 is 1.13 bits per heavy atom. The maximum absolute atomic E-state index is 14.4. The topological polar surface area (TPSA) is 219 Å². The van der Waals surface area contributed by atoms with Gasteiger partial charge in [0.25, 0.3) is 11.8 Å². The van der Waals surface area contributed by atoms with Crippen molar-refractivity contribution in [2.45, 2.75) is 71.9 Å². The third kappa shape index (κ3) is 17.9. The SMILES string of the molecule is C#CC(C)Oc1cc(N2C(=O)C3=C(CCCC3)C2=O)c(F)cc1Cl.CCNc1nc(Cl)nc(NC(C)(C)C)n1.C[S+](C)C.O=C(O)CNCP(=O)([O-])O. The Labute approximate surface area is 322 Å². The summed E-state index contributed by atoms with van der Waals surface area (Å²) in [5.74, 6) is 0.609. The van der Waals surface area contributed by atoms with Gasteiger partial charge in [-0.15, -0.1) is 6.42 Å². The molecular formula is C33H47Cl2FN7O8PS. The molecule has 2 aromatic rings. The zero-order valence-corrected chi connectivity index (χ0v) is 34.1. The summed E-state index contributed by atoms with van der Waals surface area (Å²) in [5.41, 5.74) is 0.705. The number of carboxylic acid groups (broad SMARTS) is 1. The normalized spacial score (nSPS) is 15.3. The summed E-state index contributed by atoms with van der Waals surface area (Å²) in [6.45, 7) is 9.94. The van der Waals surface area contributed by atoms with Gasteiger partial charge < -0.3 is 34.8 Å². The van der Waals surface area contributed by atoms with Crippen molar-refractivity contribution in [2.24, 2.45) is 0 Å². The average Bonchev–Trinajstić information content (AvgIpc) is 3.26. The lowest BCUT2D eigenvalue weighted by molar-refractivity contribution is -0.193. The van der Waals surface area contributed by atoms with E-state index in [4.69, 9.17) is 44.4 Å². The Morgan fingerprint density at radius 3 is 2.11 bits per heavy atom. The number of aliphatic carboxylic acids is 1. The molecule has 2 aliphatic rings. The zero-order chi connectivity index (χ0) is 40.7. The van der Waals surface area contributed by atoms with Crippen LogP contribution in [0.15, 0.2) is 23.3 Å². The first-order chi connectivity index (χ1) is 24.5. The standard InChI is InChI=1S/C18H15ClFNO3.C9H16ClN5.C3H8NO5P.C3H9S/c1-3-10(2)24-16-9-15(14(20)8-13(16)19)21-17(22)11-6-4-5-7-12(11)18(21)23;1-5-11-7-12-6(10)13-8(14-7)15-9(2,3)4;5-3(6)1-4-2-10(7,8)9;1-4(2)3/h1,8-10H,4-7H2,2H3;5H2,1-4H3,(H2,11,12,13,14,15);4H,1-2H2,(H,5,6)(H2,7,8,9);1-3H3/q;;;+1/p-1. The summed E-state index contributed by atoms with van der Waals surface area (Å²) in [7, 11) is -3.71. The van der Waals surface area contributed by atoms with Gasteiger partial charge in [-0.3, -0.25) is 19.7 Å². The summed E-state index contributed by atoms with van der Waals surface area (Å²) < 4.78 is 29.8. The lowest BCUT2D eigenvalue weighted by Crippen LogP contribution is -2.32. The highest BCUT2D eigenvalue weighted by Crippen LogP contribution is 2.39. The number of ether oxygens (including phenoxy) is 1. The molecule has 1 aliphatic carbocycles. The number of nitrogens with one attached hydrogen (secondary N) is 3. The van der Waals surface area contributed by atoms with Gasteiger partial charge >= 0.3 is 5.97 Å². The zero-order valence-electron chi connectivity index (χ0n) is 30.9. The van der Waals surface area contributed by atoms with Crippen molar-refractivity contribution in [3.63, 3.8) is 0 Å². The number of terminal acetylenes is 1. The Morgan fingerprint density at radius 2 is 1.66 bits per heavy atom. The first-order valence-corrected chi connectivity index (χ1v) is 21.1. The van der Waals surface area contributed by atoms with Crippen LogP contribution in [0, 0.1) is 18.2 Å². The van der Waals surface area contributed by atoms with E-state index in [9.17, 15) is 28.2 Å². The van der Waals surface area contributed by atoms with E-state index in [-0.39, 0.29) is 27.3 Å². The second-order valence-electron chi connectivity index (χ2n) is 12.8. The smallest absolute Gasteiger partial charge is 0.317 e. The number of aromatic nitrogens is 3. The summed E-state index contributed by atoms with van der Waals surface area (Å²) in [4.78, 5) is 65.9. The number of amides is 2. The second kappa shape index (κ2) is 22.0. The summed E-state index contributed by atoms with van der Waals surface area (Å²) in [5, 5.41) is 16.3. The van der Waals surface area contributed by atoms with E-state index in [2.05, 4.69) is 50.3 Å².